The Morgan fingerprint density at radius 3 is 2.06 bits per heavy atom. The Morgan fingerprint density at radius 1 is 0.848 bits per heavy atom. The molecule has 0 aliphatic rings. The van der Waals surface area contributed by atoms with Gasteiger partial charge in [-0.25, -0.2) is 0 Å². The average molecular weight is 437 g/mol. The lowest BCUT2D eigenvalue weighted by atomic mass is 10.0. The molecular weight excluding hydrogens is 412 g/mol. The number of Topliss-reactive ketones (excluding diaryl/α,β-unsaturated/α-hetero) is 1. The Hall–Kier alpha value is -4.51. The summed E-state index contributed by atoms with van der Waals surface area (Å²) in [5.41, 5.74) is 8.33. The molecule has 1 aromatic heterocycles. The topological polar surface area (TPSA) is 148 Å². The minimum atomic E-state index is -0.116. The van der Waals surface area contributed by atoms with Crippen molar-refractivity contribution in [2.75, 3.05) is 5.73 Å². The van der Waals surface area contributed by atoms with Crippen LogP contribution in [0.3, 0.4) is 0 Å². The van der Waals surface area contributed by atoms with E-state index in [1.54, 1.807) is 6.07 Å². The molecule has 0 saturated heterocycles. The predicted molar refractivity (Wildman–Crippen MR) is 133 cm³/mol. The number of nitrogens with two attached hydrogens (primary N) is 3. The molecule has 0 saturated carbocycles. The van der Waals surface area contributed by atoms with Gasteiger partial charge in [-0.05, 0) is 21.5 Å². The highest BCUT2D eigenvalue weighted by molar-refractivity contribution is 6.08. The standard InChI is InChI=1S/C13H11N3.C13H9NO.H4N2/c14-13-8-12(15-16-13)11-7-3-5-9-4-1-2-6-10(9)11;14-9-8-13(15)12-7-3-5-10-4-1-2-6-11(10)12;1-2/h1-8H,(H3,14,15,16);1-7H,8H2;1-2H2. The molecule has 7 N–H and O–H groups in total. The van der Waals surface area contributed by atoms with Gasteiger partial charge in [-0.1, -0.05) is 84.9 Å². The number of nitrogens with one attached hydrogen (secondary N) is 1. The van der Waals surface area contributed by atoms with Crippen LogP contribution in [-0.4, -0.2) is 16.0 Å². The molecule has 1 heterocycles. The third-order valence-electron chi connectivity index (χ3n) is 5.01. The van der Waals surface area contributed by atoms with Crippen molar-refractivity contribution in [2.45, 2.75) is 6.42 Å². The number of nitrogen functional groups attached to an aromatic ring is 1. The van der Waals surface area contributed by atoms with Crippen LogP contribution in [0.5, 0.6) is 0 Å². The van der Waals surface area contributed by atoms with Gasteiger partial charge in [0.25, 0.3) is 0 Å². The Labute approximate surface area is 191 Å². The first-order chi connectivity index (χ1) is 16.2. The van der Waals surface area contributed by atoms with E-state index in [9.17, 15) is 4.79 Å². The minimum absolute atomic E-state index is 0.0615. The van der Waals surface area contributed by atoms with Crippen molar-refractivity contribution < 1.29 is 4.79 Å². The van der Waals surface area contributed by atoms with Gasteiger partial charge in [-0.2, -0.15) is 10.4 Å². The number of H-pyrrole nitrogens is 1. The van der Waals surface area contributed by atoms with Crippen molar-refractivity contribution in [1.29, 1.82) is 5.26 Å². The largest absolute Gasteiger partial charge is 0.382 e. The van der Waals surface area contributed by atoms with Crippen molar-refractivity contribution >= 4 is 33.1 Å². The van der Waals surface area contributed by atoms with Crippen LogP contribution in [0.4, 0.5) is 5.82 Å². The Bertz CT molecular complexity index is 1410. The number of nitrogens with zero attached hydrogens (tertiary/aromatic N) is 2. The van der Waals surface area contributed by atoms with E-state index in [1.807, 2.05) is 66.7 Å². The molecule has 0 aliphatic heterocycles. The van der Waals surface area contributed by atoms with E-state index in [2.05, 4.69) is 46.1 Å². The highest BCUT2D eigenvalue weighted by Crippen LogP contribution is 2.27. The Morgan fingerprint density at radius 2 is 1.42 bits per heavy atom. The molecule has 0 fully saturated rings. The summed E-state index contributed by atoms with van der Waals surface area (Å²) in [4.78, 5) is 11.6. The smallest absolute Gasteiger partial charge is 0.177 e. The molecule has 7 heteroatoms. The average Bonchev–Trinajstić information content (AvgIpc) is 3.31. The number of benzene rings is 4. The van der Waals surface area contributed by atoms with Crippen LogP contribution >= 0.6 is 0 Å². The molecule has 0 spiro atoms. The number of hydrogen-bond acceptors (Lipinski definition) is 6. The molecule has 0 amide bonds. The second kappa shape index (κ2) is 11.2. The highest BCUT2D eigenvalue weighted by atomic mass is 16.1. The number of carbonyl (C=O) groups excluding carboxylic acids is 1. The summed E-state index contributed by atoms with van der Waals surface area (Å²) in [6.45, 7) is 0. The number of hydrazine groups is 1. The molecule has 0 unspecified atom stereocenters. The fraction of sp³-hybridized carbons (Fsp3) is 0.0385. The monoisotopic (exact) mass is 436 g/mol. The number of hydrogen-bond donors (Lipinski definition) is 4. The summed E-state index contributed by atoms with van der Waals surface area (Å²) in [5, 5.41) is 19.8. The van der Waals surface area contributed by atoms with Crippen molar-refractivity contribution in [2.24, 2.45) is 11.7 Å². The van der Waals surface area contributed by atoms with Gasteiger partial charge in [0.2, 0.25) is 0 Å². The number of rotatable bonds is 3. The minimum Gasteiger partial charge on any atom is -0.382 e. The van der Waals surface area contributed by atoms with Crippen molar-refractivity contribution in [1.82, 2.24) is 10.2 Å². The number of anilines is 1. The van der Waals surface area contributed by atoms with Gasteiger partial charge < -0.3 is 5.73 Å². The molecule has 0 bridgehead atoms. The van der Waals surface area contributed by atoms with Crippen LogP contribution in [0, 0.1) is 11.3 Å². The summed E-state index contributed by atoms with van der Waals surface area (Å²) < 4.78 is 0. The molecule has 0 atom stereocenters. The molecule has 33 heavy (non-hydrogen) atoms. The molecular formula is C26H24N6O. The molecule has 4 aromatic carbocycles. The zero-order chi connectivity index (χ0) is 23.6. The van der Waals surface area contributed by atoms with Gasteiger partial charge in [0.05, 0.1) is 18.2 Å². The lowest BCUT2D eigenvalue weighted by Crippen LogP contribution is -2.02. The SMILES string of the molecule is N#CCC(=O)c1cccc2ccccc12.NN.Nc1cc(-c2cccc3ccccc23)[nH]n1. The maximum atomic E-state index is 11.6. The van der Waals surface area contributed by atoms with Crippen LogP contribution in [-0.2, 0) is 0 Å². The summed E-state index contributed by atoms with van der Waals surface area (Å²) in [6.07, 6.45) is -0.0615. The normalized spacial score (nSPS) is 9.85. The number of aromatic nitrogens is 2. The van der Waals surface area contributed by atoms with Gasteiger partial charge in [-0.3, -0.25) is 21.6 Å². The predicted octanol–water partition coefficient (Wildman–Crippen LogP) is 4.57. The molecule has 0 aliphatic carbocycles. The number of aromatic amines is 1. The van der Waals surface area contributed by atoms with E-state index >= 15 is 0 Å². The van der Waals surface area contributed by atoms with E-state index in [0.29, 0.717) is 11.4 Å². The first-order valence-corrected chi connectivity index (χ1v) is 10.2. The fourth-order valence-electron chi connectivity index (χ4n) is 3.57. The zero-order valence-electron chi connectivity index (χ0n) is 17.9. The first kappa shape index (κ1) is 23.2. The van der Waals surface area contributed by atoms with E-state index in [4.69, 9.17) is 11.0 Å². The lowest BCUT2D eigenvalue weighted by Gasteiger charge is -2.03. The van der Waals surface area contributed by atoms with E-state index < -0.39 is 0 Å². The second-order valence-corrected chi connectivity index (χ2v) is 7.02. The van der Waals surface area contributed by atoms with Gasteiger partial charge in [-0.15, -0.1) is 0 Å². The molecule has 0 radical (unpaired) electrons. The van der Waals surface area contributed by atoms with Crippen LogP contribution in [0.2, 0.25) is 0 Å². The zero-order valence-corrected chi connectivity index (χ0v) is 17.9. The van der Waals surface area contributed by atoms with Crippen LogP contribution in [0.1, 0.15) is 16.8 Å². The number of nitriles is 1. The maximum absolute atomic E-state index is 11.6. The lowest BCUT2D eigenvalue weighted by molar-refractivity contribution is 0.0999. The van der Waals surface area contributed by atoms with Crippen LogP contribution in [0.25, 0.3) is 32.8 Å². The maximum Gasteiger partial charge on any atom is 0.177 e. The quantitative estimate of drug-likeness (QED) is 0.185. The van der Waals surface area contributed by atoms with Crippen LogP contribution in [0.15, 0.2) is 91.0 Å². The number of ketones is 1. The summed E-state index contributed by atoms with van der Waals surface area (Å²) in [6, 6.07) is 31.4. The Kier molecular flexibility index (Phi) is 7.86. The van der Waals surface area contributed by atoms with Crippen molar-refractivity contribution in [3.8, 4) is 17.3 Å². The third kappa shape index (κ3) is 5.40. The molecule has 5 aromatic rings. The second-order valence-electron chi connectivity index (χ2n) is 7.02. The number of carbonyl (C=O) groups is 1. The molecule has 164 valence electrons. The summed E-state index contributed by atoms with van der Waals surface area (Å²) in [5.74, 6) is 8.40. The van der Waals surface area contributed by atoms with Crippen LogP contribution < -0.4 is 17.4 Å². The van der Waals surface area contributed by atoms with E-state index in [0.717, 1.165) is 22.0 Å². The van der Waals surface area contributed by atoms with Gasteiger partial charge in [0.15, 0.2) is 5.78 Å². The summed E-state index contributed by atoms with van der Waals surface area (Å²) >= 11 is 0. The molecule has 5 rings (SSSR count). The third-order valence-corrected chi connectivity index (χ3v) is 5.01. The van der Waals surface area contributed by atoms with Gasteiger partial charge in [0, 0.05) is 17.2 Å². The number of fused-ring (bicyclic) bond motifs is 2. The fourth-order valence-corrected chi connectivity index (χ4v) is 3.57. The van der Waals surface area contributed by atoms with Crippen molar-refractivity contribution in [3.63, 3.8) is 0 Å². The van der Waals surface area contributed by atoms with Crippen molar-refractivity contribution in [3.05, 3.63) is 96.6 Å². The summed E-state index contributed by atoms with van der Waals surface area (Å²) in [7, 11) is 0. The Balaban J connectivity index is 0.000000173. The van der Waals surface area contributed by atoms with Gasteiger partial charge in [0.1, 0.15) is 5.82 Å². The first-order valence-electron chi connectivity index (χ1n) is 10.2. The van der Waals surface area contributed by atoms with E-state index in [-0.39, 0.29) is 12.2 Å². The van der Waals surface area contributed by atoms with E-state index in [1.165, 1.54) is 10.8 Å². The highest BCUT2D eigenvalue weighted by Gasteiger charge is 2.08. The van der Waals surface area contributed by atoms with Gasteiger partial charge >= 0.3 is 0 Å². The molecule has 7 nitrogen and oxygen atoms in total.